The zero-order chi connectivity index (χ0) is 17.5. The van der Waals surface area contributed by atoms with Crippen LogP contribution in [0.3, 0.4) is 0 Å². The number of fused-ring (bicyclic) bond motifs is 2. The van der Waals surface area contributed by atoms with Crippen LogP contribution in [0.4, 0.5) is 0 Å². The van der Waals surface area contributed by atoms with Crippen LogP contribution in [0.5, 0.6) is 5.75 Å². The number of aromatic nitrogens is 3. The standard InChI is InChI=1S/C21H26N4O/c1-23-11-9-19-20(23)5-2-6-21(19)26-18-7-12-24(13-8-18)15-16-14-17-4-3-10-25(17)22-16/h2,5-6,9,11,14,18H,3-4,7-8,10,12-13,15H2,1H3. The molecule has 5 rings (SSSR count). The second-order valence-electron chi connectivity index (χ2n) is 7.66. The first kappa shape index (κ1) is 15.9. The Morgan fingerprint density at radius 1 is 1.15 bits per heavy atom. The lowest BCUT2D eigenvalue weighted by molar-refractivity contribution is 0.0971. The monoisotopic (exact) mass is 350 g/mol. The van der Waals surface area contributed by atoms with Crippen LogP contribution in [0.25, 0.3) is 10.9 Å². The molecule has 4 heterocycles. The lowest BCUT2D eigenvalue weighted by atomic mass is 10.1. The van der Waals surface area contributed by atoms with E-state index in [0.29, 0.717) is 6.10 Å². The fourth-order valence-corrected chi connectivity index (χ4v) is 4.37. The van der Waals surface area contributed by atoms with Gasteiger partial charge in [0.1, 0.15) is 11.9 Å². The van der Waals surface area contributed by atoms with Crippen LogP contribution in [0, 0.1) is 0 Å². The molecule has 5 nitrogen and oxygen atoms in total. The third kappa shape index (κ3) is 2.90. The summed E-state index contributed by atoms with van der Waals surface area (Å²) < 4.78 is 10.7. The molecule has 0 unspecified atom stereocenters. The lowest BCUT2D eigenvalue weighted by Crippen LogP contribution is -2.37. The fraction of sp³-hybridized carbons (Fsp3) is 0.476. The summed E-state index contributed by atoms with van der Waals surface area (Å²) in [6, 6.07) is 10.8. The van der Waals surface area contributed by atoms with Gasteiger partial charge in [-0.15, -0.1) is 0 Å². The minimum atomic E-state index is 0.309. The van der Waals surface area contributed by atoms with Crippen molar-refractivity contribution in [2.75, 3.05) is 13.1 Å². The predicted molar refractivity (Wildman–Crippen MR) is 102 cm³/mol. The van der Waals surface area contributed by atoms with Gasteiger partial charge in [0.25, 0.3) is 0 Å². The highest BCUT2D eigenvalue weighted by Crippen LogP contribution is 2.29. The van der Waals surface area contributed by atoms with Crippen LogP contribution in [0.15, 0.2) is 36.5 Å². The van der Waals surface area contributed by atoms with Crippen LogP contribution in [-0.2, 0) is 26.6 Å². The van der Waals surface area contributed by atoms with Gasteiger partial charge in [0.05, 0.1) is 11.2 Å². The molecule has 3 aromatic rings. The van der Waals surface area contributed by atoms with Crippen molar-refractivity contribution in [3.05, 3.63) is 47.9 Å². The number of hydrogen-bond donors (Lipinski definition) is 0. The average molecular weight is 350 g/mol. The van der Waals surface area contributed by atoms with Crippen molar-refractivity contribution in [2.24, 2.45) is 7.05 Å². The van der Waals surface area contributed by atoms with Crippen molar-refractivity contribution < 1.29 is 4.74 Å². The summed E-state index contributed by atoms with van der Waals surface area (Å²) in [5.41, 5.74) is 3.87. The summed E-state index contributed by atoms with van der Waals surface area (Å²) in [5.74, 6) is 1.02. The topological polar surface area (TPSA) is 35.2 Å². The molecule has 0 saturated carbocycles. The maximum absolute atomic E-state index is 6.37. The van der Waals surface area contributed by atoms with Crippen LogP contribution in [0.2, 0.25) is 0 Å². The third-order valence-electron chi connectivity index (χ3n) is 5.82. The first-order valence-electron chi connectivity index (χ1n) is 9.75. The quantitative estimate of drug-likeness (QED) is 0.724. The first-order valence-corrected chi connectivity index (χ1v) is 9.75. The normalized spacial score (nSPS) is 18.5. The van der Waals surface area contributed by atoms with E-state index in [-0.39, 0.29) is 0 Å². The van der Waals surface area contributed by atoms with Crippen molar-refractivity contribution in [3.63, 3.8) is 0 Å². The van der Waals surface area contributed by atoms with Crippen molar-refractivity contribution in [3.8, 4) is 5.75 Å². The minimum absolute atomic E-state index is 0.309. The summed E-state index contributed by atoms with van der Waals surface area (Å²) in [6.45, 7) is 4.23. The summed E-state index contributed by atoms with van der Waals surface area (Å²) in [5, 5.41) is 5.96. The SMILES string of the molecule is Cn1ccc2c(OC3CCN(Cc4cc5n(n4)CCC5)CC3)cccc21. The Kier molecular flexibility index (Phi) is 3.97. The van der Waals surface area contributed by atoms with Crippen LogP contribution >= 0.6 is 0 Å². The van der Waals surface area contributed by atoms with E-state index in [9.17, 15) is 0 Å². The van der Waals surface area contributed by atoms with Crippen molar-refractivity contribution >= 4 is 10.9 Å². The third-order valence-corrected chi connectivity index (χ3v) is 5.82. The molecule has 1 aromatic carbocycles. The molecule has 0 aliphatic carbocycles. The second-order valence-corrected chi connectivity index (χ2v) is 7.66. The summed E-state index contributed by atoms with van der Waals surface area (Å²) in [4.78, 5) is 2.51. The zero-order valence-corrected chi connectivity index (χ0v) is 15.4. The maximum atomic E-state index is 6.37. The highest BCUT2D eigenvalue weighted by molar-refractivity contribution is 5.86. The largest absolute Gasteiger partial charge is 0.490 e. The molecule has 1 fully saturated rings. The van der Waals surface area contributed by atoms with E-state index in [2.05, 4.69) is 57.7 Å². The molecule has 1 saturated heterocycles. The van der Waals surface area contributed by atoms with E-state index in [1.807, 2.05) is 0 Å². The van der Waals surface area contributed by atoms with Crippen LogP contribution in [-0.4, -0.2) is 38.4 Å². The van der Waals surface area contributed by atoms with Gasteiger partial charge in [-0.3, -0.25) is 9.58 Å². The van der Waals surface area contributed by atoms with E-state index in [1.165, 1.54) is 35.1 Å². The van der Waals surface area contributed by atoms with Crippen molar-refractivity contribution in [1.29, 1.82) is 0 Å². The first-order chi connectivity index (χ1) is 12.8. The van der Waals surface area contributed by atoms with Gasteiger partial charge in [-0.2, -0.15) is 5.10 Å². The second kappa shape index (κ2) is 6.47. The number of piperidine rings is 1. The van der Waals surface area contributed by atoms with Gasteiger partial charge in [-0.1, -0.05) is 6.07 Å². The Labute approximate surface area is 154 Å². The Morgan fingerprint density at radius 3 is 2.88 bits per heavy atom. The van der Waals surface area contributed by atoms with E-state index in [1.54, 1.807) is 0 Å². The van der Waals surface area contributed by atoms with Crippen molar-refractivity contribution in [2.45, 2.75) is 44.9 Å². The molecule has 2 aromatic heterocycles. The highest BCUT2D eigenvalue weighted by atomic mass is 16.5. The molecule has 2 aliphatic heterocycles. The minimum Gasteiger partial charge on any atom is -0.490 e. The van der Waals surface area contributed by atoms with Gasteiger partial charge < -0.3 is 9.30 Å². The van der Waals surface area contributed by atoms with E-state index in [0.717, 1.165) is 44.8 Å². The number of aryl methyl sites for hydroxylation is 3. The van der Waals surface area contributed by atoms with E-state index in [4.69, 9.17) is 9.84 Å². The Morgan fingerprint density at radius 2 is 2.04 bits per heavy atom. The average Bonchev–Trinajstić information content (AvgIpc) is 3.33. The molecule has 0 bridgehead atoms. The Hall–Kier alpha value is -2.27. The molecular weight excluding hydrogens is 324 g/mol. The van der Waals surface area contributed by atoms with Gasteiger partial charge in [-0.05, 0) is 49.9 Å². The number of ether oxygens (including phenoxy) is 1. The smallest absolute Gasteiger partial charge is 0.129 e. The summed E-state index contributed by atoms with van der Waals surface area (Å²) in [6.07, 6.45) is 7.01. The highest BCUT2D eigenvalue weighted by Gasteiger charge is 2.23. The van der Waals surface area contributed by atoms with Crippen molar-refractivity contribution in [1.82, 2.24) is 19.2 Å². The molecule has 0 radical (unpaired) electrons. The predicted octanol–water partition coefficient (Wildman–Crippen LogP) is 3.36. The number of hydrogen-bond acceptors (Lipinski definition) is 3. The van der Waals surface area contributed by atoms with E-state index >= 15 is 0 Å². The molecular formula is C21H26N4O. The maximum Gasteiger partial charge on any atom is 0.129 e. The zero-order valence-electron chi connectivity index (χ0n) is 15.4. The van der Waals surface area contributed by atoms with Crippen LogP contribution < -0.4 is 4.74 Å². The van der Waals surface area contributed by atoms with Gasteiger partial charge in [0.2, 0.25) is 0 Å². The molecule has 0 spiro atoms. The number of benzene rings is 1. The molecule has 0 atom stereocenters. The fourth-order valence-electron chi connectivity index (χ4n) is 4.37. The summed E-state index contributed by atoms with van der Waals surface area (Å²) in [7, 11) is 2.08. The van der Waals surface area contributed by atoms with Gasteiger partial charge in [-0.25, -0.2) is 0 Å². The Balaban J connectivity index is 1.20. The van der Waals surface area contributed by atoms with E-state index < -0.39 is 0 Å². The molecule has 2 aliphatic rings. The number of likely N-dealkylation sites (tertiary alicyclic amines) is 1. The molecule has 0 N–H and O–H groups in total. The molecule has 26 heavy (non-hydrogen) atoms. The number of rotatable bonds is 4. The molecule has 0 amide bonds. The molecule has 5 heteroatoms. The van der Waals surface area contributed by atoms with Gasteiger partial charge in [0.15, 0.2) is 0 Å². The lowest BCUT2D eigenvalue weighted by Gasteiger charge is -2.31. The summed E-state index contributed by atoms with van der Waals surface area (Å²) >= 11 is 0. The Bertz CT molecular complexity index is 896. The molecule has 136 valence electrons. The van der Waals surface area contributed by atoms with Gasteiger partial charge >= 0.3 is 0 Å². The van der Waals surface area contributed by atoms with Crippen LogP contribution in [0.1, 0.15) is 30.7 Å². The van der Waals surface area contributed by atoms with Gasteiger partial charge in [0, 0.05) is 50.5 Å². The number of nitrogens with zero attached hydrogens (tertiary/aromatic N) is 4.